The number of aromatic hydroxyl groups is 1. The zero-order valence-electron chi connectivity index (χ0n) is 11.7. The summed E-state index contributed by atoms with van der Waals surface area (Å²) in [5, 5.41) is 10.9. The van der Waals surface area contributed by atoms with Gasteiger partial charge in [0, 0.05) is 5.56 Å². The van der Waals surface area contributed by atoms with E-state index in [2.05, 4.69) is 23.2 Å². The summed E-state index contributed by atoms with van der Waals surface area (Å²) in [7, 11) is 0. The molecule has 0 atom stereocenters. The molecular formula is C19H13NOS. The van der Waals surface area contributed by atoms with E-state index in [1.165, 1.54) is 11.1 Å². The molecule has 22 heavy (non-hydrogen) atoms. The Bertz CT molecular complexity index is 944. The molecule has 0 spiro atoms. The van der Waals surface area contributed by atoms with Gasteiger partial charge >= 0.3 is 0 Å². The summed E-state index contributed by atoms with van der Waals surface area (Å²) in [4.78, 5) is 4.69. The predicted octanol–water partition coefficient (Wildman–Crippen LogP) is 5.34. The van der Waals surface area contributed by atoms with Crippen LogP contribution in [0, 0.1) is 0 Å². The van der Waals surface area contributed by atoms with Gasteiger partial charge in [-0.2, -0.15) is 0 Å². The molecule has 0 radical (unpaired) electrons. The molecule has 106 valence electrons. The normalized spacial score (nSPS) is 10.9. The molecule has 0 saturated carbocycles. The number of phenols is 1. The zero-order chi connectivity index (χ0) is 14.9. The van der Waals surface area contributed by atoms with Crippen molar-refractivity contribution >= 4 is 21.6 Å². The van der Waals surface area contributed by atoms with E-state index in [1.54, 1.807) is 17.4 Å². The second kappa shape index (κ2) is 5.28. The third-order valence-corrected chi connectivity index (χ3v) is 4.77. The Hall–Kier alpha value is -2.65. The third kappa shape index (κ3) is 2.16. The maximum atomic E-state index is 10.0. The molecular weight excluding hydrogens is 290 g/mol. The van der Waals surface area contributed by atoms with Crippen LogP contribution in [-0.2, 0) is 0 Å². The Morgan fingerprint density at radius 2 is 1.45 bits per heavy atom. The molecule has 4 rings (SSSR count). The highest BCUT2D eigenvalue weighted by atomic mass is 32.1. The summed E-state index contributed by atoms with van der Waals surface area (Å²) in [6.07, 6.45) is 0. The lowest BCUT2D eigenvalue weighted by Crippen LogP contribution is -1.77. The number of benzene rings is 3. The summed E-state index contributed by atoms with van der Waals surface area (Å²) < 4.78 is 1.15. The van der Waals surface area contributed by atoms with Crippen molar-refractivity contribution in [1.82, 2.24) is 4.98 Å². The van der Waals surface area contributed by atoms with Gasteiger partial charge in [0.05, 0.1) is 15.8 Å². The molecule has 3 aromatic carbocycles. The number of fused-ring (bicyclic) bond motifs is 1. The molecule has 3 heteroatoms. The molecule has 0 saturated heterocycles. The van der Waals surface area contributed by atoms with E-state index in [-0.39, 0.29) is 5.75 Å². The van der Waals surface area contributed by atoms with E-state index < -0.39 is 0 Å². The average molecular weight is 303 g/mol. The van der Waals surface area contributed by atoms with Crippen LogP contribution in [-0.4, -0.2) is 10.1 Å². The molecule has 1 aromatic heterocycles. The van der Waals surface area contributed by atoms with Gasteiger partial charge in [-0.25, -0.2) is 4.98 Å². The summed E-state index contributed by atoms with van der Waals surface area (Å²) in [5.41, 5.74) is 4.10. The van der Waals surface area contributed by atoms with Crippen LogP contribution in [0.5, 0.6) is 5.75 Å². The molecule has 1 heterocycles. The Morgan fingerprint density at radius 3 is 2.27 bits per heavy atom. The number of hydrogen-bond donors (Lipinski definition) is 1. The molecule has 0 aliphatic heterocycles. The van der Waals surface area contributed by atoms with Crippen LogP contribution >= 0.6 is 11.3 Å². The molecule has 0 aliphatic carbocycles. The number of para-hydroxylation sites is 1. The summed E-state index contributed by atoms with van der Waals surface area (Å²) in [5.74, 6) is 0.266. The first-order valence-corrected chi connectivity index (χ1v) is 7.88. The van der Waals surface area contributed by atoms with Crippen molar-refractivity contribution in [2.75, 3.05) is 0 Å². The number of hydrogen-bond acceptors (Lipinski definition) is 3. The average Bonchev–Trinajstić information content (AvgIpc) is 3.00. The molecule has 2 nitrogen and oxygen atoms in total. The van der Waals surface area contributed by atoms with Crippen molar-refractivity contribution in [3.63, 3.8) is 0 Å². The van der Waals surface area contributed by atoms with Crippen molar-refractivity contribution in [2.24, 2.45) is 0 Å². The molecule has 0 fully saturated rings. The fraction of sp³-hybridized carbons (Fsp3) is 0. The van der Waals surface area contributed by atoms with Gasteiger partial charge in [-0.15, -0.1) is 11.3 Å². The van der Waals surface area contributed by atoms with Crippen molar-refractivity contribution in [3.8, 4) is 27.4 Å². The first-order valence-electron chi connectivity index (χ1n) is 7.06. The topological polar surface area (TPSA) is 33.1 Å². The molecule has 0 aliphatic rings. The van der Waals surface area contributed by atoms with E-state index in [4.69, 9.17) is 0 Å². The lowest BCUT2D eigenvalue weighted by molar-refractivity contribution is 0.477. The minimum Gasteiger partial charge on any atom is -0.507 e. The maximum Gasteiger partial charge on any atom is 0.128 e. The van der Waals surface area contributed by atoms with Gasteiger partial charge in [0.25, 0.3) is 0 Å². The number of thiazole rings is 1. The second-order valence-electron chi connectivity index (χ2n) is 5.06. The van der Waals surface area contributed by atoms with E-state index in [1.807, 2.05) is 48.5 Å². The van der Waals surface area contributed by atoms with Crippen LogP contribution in [0.3, 0.4) is 0 Å². The van der Waals surface area contributed by atoms with Crippen LogP contribution in [0.1, 0.15) is 0 Å². The van der Waals surface area contributed by atoms with Gasteiger partial charge in [0.15, 0.2) is 0 Å². The lowest BCUT2D eigenvalue weighted by Gasteiger charge is -2.01. The molecule has 0 unspecified atom stereocenters. The number of nitrogens with zero attached hydrogens (tertiary/aromatic N) is 1. The quantitative estimate of drug-likeness (QED) is 0.542. The SMILES string of the molecule is Oc1ccccc1-c1nc2cccc(-c3ccccc3)c2s1. The van der Waals surface area contributed by atoms with Crippen molar-refractivity contribution in [2.45, 2.75) is 0 Å². The van der Waals surface area contributed by atoms with Crippen LogP contribution < -0.4 is 0 Å². The summed E-state index contributed by atoms with van der Waals surface area (Å²) in [6.45, 7) is 0. The first kappa shape index (κ1) is 13.0. The zero-order valence-corrected chi connectivity index (χ0v) is 12.5. The number of rotatable bonds is 2. The second-order valence-corrected chi connectivity index (χ2v) is 6.06. The smallest absolute Gasteiger partial charge is 0.128 e. The summed E-state index contributed by atoms with van der Waals surface area (Å²) in [6, 6.07) is 23.8. The van der Waals surface area contributed by atoms with E-state index in [9.17, 15) is 5.11 Å². The standard InChI is InChI=1S/C19H13NOS/c21-17-12-5-4-9-15(17)19-20-16-11-6-10-14(18(16)22-19)13-7-2-1-3-8-13/h1-12,21H. The van der Waals surface area contributed by atoms with Crippen LogP contribution in [0.4, 0.5) is 0 Å². The highest BCUT2D eigenvalue weighted by Gasteiger charge is 2.12. The van der Waals surface area contributed by atoms with Gasteiger partial charge in [-0.05, 0) is 23.8 Å². The number of phenolic OH excluding ortho intramolecular Hbond substituents is 1. The lowest BCUT2D eigenvalue weighted by atomic mass is 10.1. The molecule has 0 bridgehead atoms. The minimum absolute atomic E-state index is 0.266. The Kier molecular flexibility index (Phi) is 3.13. The highest BCUT2D eigenvalue weighted by Crippen LogP contribution is 2.39. The van der Waals surface area contributed by atoms with Crippen LogP contribution in [0.15, 0.2) is 72.8 Å². The van der Waals surface area contributed by atoms with Gasteiger partial charge in [0.2, 0.25) is 0 Å². The Balaban J connectivity index is 1.94. The first-order chi connectivity index (χ1) is 10.8. The molecule has 4 aromatic rings. The molecule has 0 amide bonds. The van der Waals surface area contributed by atoms with E-state index in [0.717, 1.165) is 20.8 Å². The monoisotopic (exact) mass is 303 g/mol. The van der Waals surface area contributed by atoms with E-state index in [0.29, 0.717) is 0 Å². The van der Waals surface area contributed by atoms with Crippen LogP contribution in [0.25, 0.3) is 31.9 Å². The van der Waals surface area contributed by atoms with Gasteiger partial charge < -0.3 is 5.11 Å². The largest absolute Gasteiger partial charge is 0.507 e. The highest BCUT2D eigenvalue weighted by molar-refractivity contribution is 7.22. The fourth-order valence-corrected chi connectivity index (χ4v) is 3.70. The van der Waals surface area contributed by atoms with Crippen LogP contribution in [0.2, 0.25) is 0 Å². The number of aromatic nitrogens is 1. The third-order valence-electron chi connectivity index (χ3n) is 3.63. The minimum atomic E-state index is 0.266. The Morgan fingerprint density at radius 1 is 0.727 bits per heavy atom. The molecule has 1 N–H and O–H groups in total. The van der Waals surface area contributed by atoms with Crippen molar-refractivity contribution < 1.29 is 5.11 Å². The van der Waals surface area contributed by atoms with Gasteiger partial charge in [-0.1, -0.05) is 54.6 Å². The summed E-state index contributed by atoms with van der Waals surface area (Å²) >= 11 is 1.61. The Labute approximate surface area is 132 Å². The van der Waals surface area contributed by atoms with Gasteiger partial charge in [-0.3, -0.25) is 0 Å². The van der Waals surface area contributed by atoms with Crippen molar-refractivity contribution in [3.05, 3.63) is 72.8 Å². The van der Waals surface area contributed by atoms with Crippen molar-refractivity contribution in [1.29, 1.82) is 0 Å². The maximum absolute atomic E-state index is 10.0. The fourth-order valence-electron chi connectivity index (χ4n) is 2.56. The van der Waals surface area contributed by atoms with Gasteiger partial charge in [0.1, 0.15) is 10.8 Å². The van der Waals surface area contributed by atoms with E-state index >= 15 is 0 Å². The predicted molar refractivity (Wildman–Crippen MR) is 92.2 cm³/mol.